The van der Waals surface area contributed by atoms with Gasteiger partial charge in [-0.3, -0.25) is 4.90 Å². The number of ether oxygens (including phenoxy) is 1. The minimum atomic E-state index is -0.416. The molecular weight excluding hydrogens is 374 g/mol. The summed E-state index contributed by atoms with van der Waals surface area (Å²) in [6.45, 7) is 12.1. The van der Waals surface area contributed by atoms with Crippen LogP contribution in [0.3, 0.4) is 0 Å². The van der Waals surface area contributed by atoms with Crippen LogP contribution in [0.1, 0.15) is 58.4 Å². The summed E-state index contributed by atoms with van der Waals surface area (Å²) in [4.78, 5) is 16.8. The molecule has 1 amide bonds. The van der Waals surface area contributed by atoms with E-state index in [4.69, 9.17) is 4.74 Å². The van der Waals surface area contributed by atoms with Gasteiger partial charge in [0, 0.05) is 38.8 Å². The van der Waals surface area contributed by atoms with Crippen molar-refractivity contribution in [1.82, 2.24) is 15.1 Å². The fourth-order valence-electron chi connectivity index (χ4n) is 5.15. The zero-order chi connectivity index (χ0) is 21.2. The van der Waals surface area contributed by atoms with Crippen LogP contribution < -0.4 is 5.32 Å². The lowest BCUT2D eigenvalue weighted by Gasteiger charge is -2.35. The molecule has 166 valence electrons. The lowest BCUT2D eigenvalue weighted by molar-refractivity contribution is 0.0196. The topological polar surface area (TPSA) is 44.8 Å². The highest BCUT2D eigenvalue weighted by Gasteiger charge is 2.50. The van der Waals surface area contributed by atoms with E-state index in [1.54, 1.807) is 0 Å². The molecule has 1 atom stereocenters. The standard InChI is InChI=1S/C25H39N3O2/c1-24(2,3)30-23(29)28-15-10-22(11-16-28)26-19-25(12-13-25)21-9-14-27(18-21)17-20-7-5-4-6-8-20/h4-8,21-22,26H,9-19H2,1-3H3. The molecule has 3 fully saturated rings. The van der Waals surface area contributed by atoms with Gasteiger partial charge in [-0.15, -0.1) is 0 Å². The number of likely N-dealkylation sites (tertiary alicyclic amines) is 2. The minimum absolute atomic E-state index is 0.163. The fraction of sp³-hybridized carbons (Fsp3) is 0.720. The molecule has 0 spiro atoms. The minimum Gasteiger partial charge on any atom is -0.444 e. The Balaban J connectivity index is 1.19. The highest BCUT2D eigenvalue weighted by atomic mass is 16.6. The number of carbonyl (C=O) groups is 1. The number of nitrogens with one attached hydrogen (secondary N) is 1. The molecule has 1 unspecified atom stereocenters. The summed E-state index contributed by atoms with van der Waals surface area (Å²) in [7, 11) is 0. The van der Waals surface area contributed by atoms with E-state index >= 15 is 0 Å². The van der Waals surface area contributed by atoms with Gasteiger partial charge in [-0.2, -0.15) is 0 Å². The van der Waals surface area contributed by atoms with Crippen LogP contribution in [0, 0.1) is 11.3 Å². The number of nitrogens with zero attached hydrogens (tertiary/aromatic N) is 2. The van der Waals surface area contributed by atoms with E-state index in [1.165, 1.54) is 37.9 Å². The molecule has 2 aliphatic heterocycles. The molecule has 0 bridgehead atoms. The predicted octanol–water partition coefficient (Wildman–Crippen LogP) is 4.28. The van der Waals surface area contributed by atoms with Crippen LogP contribution >= 0.6 is 0 Å². The Bertz CT molecular complexity index is 703. The zero-order valence-electron chi connectivity index (χ0n) is 19.0. The first-order valence-corrected chi connectivity index (χ1v) is 11.8. The molecule has 2 heterocycles. The second-order valence-electron chi connectivity index (χ2n) is 10.7. The third-order valence-corrected chi connectivity index (χ3v) is 7.17. The third kappa shape index (κ3) is 5.55. The quantitative estimate of drug-likeness (QED) is 0.756. The first kappa shape index (κ1) is 21.6. The van der Waals surface area contributed by atoms with Crippen LogP contribution in [-0.4, -0.2) is 60.3 Å². The summed E-state index contributed by atoms with van der Waals surface area (Å²) < 4.78 is 5.52. The maximum atomic E-state index is 12.3. The summed E-state index contributed by atoms with van der Waals surface area (Å²) in [6.07, 6.45) is 5.98. The van der Waals surface area contributed by atoms with Crippen molar-refractivity contribution in [3.8, 4) is 0 Å². The van der Waals surface area contributed by atoms with E-state index in [9.17, 15) is 4.79 Å². The van der Waals surface area contributed by atoms with Gasteiger partial charge in [0.1, 0.15) is 5.60 Å². The SMILES string of the molecule is CC(C)(C)OC(=O)N1CCC(NCC2(C3CCN(Cc4ccccc4)C3)CC2)CC1. The highest BCUT2D eigenvalue weighted by molar-refractivity contribution is 5.68. The van der Waals surface area contributed by atoms with E-state index in [0.717, 1.165) is 44.9 Å². The van der Waals surface area contributed by atoms with Crippen LogP contribution in [0.2, 0.25) is 0 Å². The number of hydrogen-bond donors (Lipinski definition) is 1. The van der Waals surface area contributed by atoms with E-state index in [1.807, 2.05) is 25.7 Å². The molecule has 1 aromatic carbocycles. The van der Waals surface area contributed by atoms with Gasteiger partial charge in [0.15, 0.2) is 0 Å². The van der Waals surface area contributed by atoms with Crippen LogP contribution in [-0.2, 0) is 11.3 Å². The smallest absolute Gasteiger partial charge is 0.410 e. The Labute approximate surface area is 182 Å². The number of piperidine rings is 1. The molecule has 1 aromatic rings. The van der Waals surface area contributed by atoms with Gasteiger partial charge in [-0.25, -0.2) is 4.79 Å². The zero-order valence-corrected chi connectivity index (χ0v) is 19.0. The van der Waals surface area contributed by atoms with Gasteiger partial charge < -0.3 is 15.0 Å². The second-order valence-corrected chi connectivity index (χ2v) is 10.7. The first-order chi connectivity index (χ1) is 14.3. The summed E-state index contributed by atoms with van der Waals surface area (Å²) in [5.74, 6) is 0.829. The van der Waals surface area contributed by atoms with E-state index in [0.29, 0.717) is 11.5 Å². The number of rotatable bonds is 6. The van der Waals surface area contributed by atoms with E-state index < -0.39 is 5.60 Å². The molecule has 2 saturated heterocycles. The van der Waals surface area contributed by atoms with Gasteiger partial charge in [0.05, 0.1) is 0 Å². The van der Waals surface area contributed by atoms with Crippen molar-refractivity contribution in [2.45, 2.75) is 71.1 Å². The van der Waals surface area contributed by atoms with E-state index in [2.05, 4.69) is 40.5 Å². The van der Waals surface area contributed by atoms with Crippen molar-refractivity contribution in [2.24, 2.45) is 11.3 Å². The monoisotopic (exact) mass is 413 g/mol. The Morgan fingerprint density at radius 2 is 1.80 bits per heavy atom. The maximum Gasteiger partial charge on any atom is 0.410 e. The van der Waals surface area contributed by atoms with Crippen LogP contribution in [0.25, 0.3) is 0 Å². The van der Waals surface area contributed by atoms with Gasteiger partial charge in [0.25, 0.3) is 0 Å². The van der Waals surface area contributed by atoms with Crippen LogP contribution in [0.15, 0.2) is 30.3 Å². The van der Waals surface area contributed by atoms with Crippen molar-refractivity contribution in [3.05, 3.63) is 35.9 Å². The molecule has 0 aromatic heterocycles. The number of carbonyl (C=O) groups excluding carboxylic acids is 1. The molecule has 3 aliphatic rings. The predicted molar refractivity (Wildman–Crippen MR) is 120 cm³/mol. The number of hydrogen-bond acceptors (Lipinski definition) is 4. The largest absolute Gasteiger partial charge is 0.444 e. The van der Waals surface area contributed by atoms with Crippen molar-refractivity contribution >= 4 is 6.09 Å². The van der Waals surface area contributed by atoms with Crippen LogP contribution in [0.4, 0.5) is 4.79 Å². The fourth-order valence-corrected chi connectivity index (χ4v) is 5.15. The Hall–Kier alpha value is -1.59. The molecule has 1 saturated carbocycles. The number of amides is 1. The molecule has 5 heteroatoms. The molecule has 1 aliphatic carbocycles. The van der Waals surface area contributed by atoms with Gasteiger partial charge in [-0.1, -0.05) is 30.3 Å². The van der Waals surface area contributed by atoms with Crippen molar-refractivity contribution in [1.29, 1.82) is 0 Å². The highest BCUT2D eigenvalue weighted by Crippen LogP contribution is 2.54. The van der Waals surface area contributed by atoms with Crippen LogP contribution in [0.5, 0.6) is 0 Å². The maximum absolute atomic E-state index is 12.3. The Kier molecular flexibility index (Phi) is 6.40. The second kappa shape index (κ2) is 8.88. The molecule has 5 nitrogen and oxygen atoms in total. The van der Waals surface area contributed by atoms with Gasteiger partial charge in [0.2, 0.25) is 0 Å². The lowest BCUT2D eigenvalue weighted by atomic mass is 9.87. The Morgan fingerprint density at radius 1 is 1.10 bits per heavy atom. The summed E-state index contributed by atoms with van der Waals surface area (Å²) in [5.41, 5.74) is 1.53. The normalized spacial score (nSPS) is 24.8. The lowest BCUT2D eigenvalue weighted by Crippen LogP contribution is -2.48. The Morgan fingerprint density at radius 3 is 2.43 bits per heavy atom. The molecular formula is C25H39N3O2. The van der Waals surface area contributed by atoms with Crippen molar-refractivity contribution in [2.75, 3.05) is 32.7 Å². The molecule has 30 heavy (non-hydrogen) atoms. The number of benzene rings is 1. The summed E-state index contributed by atoms with van der Waals surface area (Å²) in [6, 6.07) is 11.4. The molecule has 1 N–H and O–H groups in total. The summed E-state index contributed by atoms with van der Waals surface area (Å²) >= 11 is 0. The summed E-state index contributed by atoms with van der Waals surface area (Å²) in [5, 5.41) is 3.88. The first-order valence-electron chi connectivity index (χ1n) is 11.8. The average Bonchev–Trinajstić information content (AvgIpc) is 3.36. The van der Waals surface area contributed by atoms with Gasteiger partial charge in [-0.05, 0) is 76.3 Å². The van der Waals surface area contributed by atoms with Gasteiger partial charge >= 0.3 is 6.09 Å². The third-order valence-electron chi connectivity index (χ3n) is 7.17. The van der Waals surface area contributed by atoms with Crippen molar-refractivity contribution < 1.29 is 9.53 Å². The van der Waals surface area contributed by atoms with Crippen molar-refractivity contribution in [3.63, 3.8) is 0 Å². The molecule has 0 radical (unpaired) electrons. The average molecular weight is 414 g/mol. The van der Waals surface area contributed by atoms with E-state index in [-0.39, 0.29) is 6.09 Å². The molecule has 4 rings (SSSR count).